The van der Waals surface area contributed by atoms with E-state index in [1.54, 1.807) is 43.0 Å². The van der Waals surface area contributed by atoms with Crippen LogP contribution in [-0.4, -0.2) is 41.3 Å². The van der Waals surface area contributed by atoms with Crippen molar-refractivity contribution in [2.45, 2.75) is 52.5 Å². The van der Waals surface area contributed by atoms with Gasteiger partial charge in [0, 0.05) is 17.9 Å². The fraction of sp³-hybridized carbons (Fsp3) is 0.500. The quantitative estimate of drug-likeness (QED) is 0.473. The number of anilines is 1. The van der Waals surface area contributed by atoms with E-state index < -0.39 is 17.4 Å². The third kappa shape index (κ3) is 5.75. The molecule has 1 aliphatic rings. The number of benzene rings is 1. The minimum atomic E-state index is -0.653. The molecular weight excluding hydrogens is 406 g/mol. The molecular formula is C22H30ClN3O4. The summed E-state index contributed by atoms with van der Waals surface area (Å²) in [6.45, 7) is 10.1. The SMILES string of the molecule is CCCN1C(=O)NC(c2ccc(NC(=O)C(C)Cl)cc2)C(C(=O)OCC(C)C)=C1C. The maximum Gasteiger partial charge on any atom is 0.338 e. The number of urea groups is 1. The van der Waals surface area contributed by atoms with E-state index in [0.29, 0.717) is 35.7 Å². The molecule has 1 heterocycles. The summed E-state index contributed by atoms with van der Waals surface area (Å²) in [5.41, 5.74) is 2.30. The van der Waals surface area contributed by atoms with E-state index in [9.17, 15) is 14.4 Å². The van der Waals surface area contributed by atoms with E-state index in [2.05, 4.69) is 10.6 Å². The van der Waals surface area contributed by atoms with Crippen molar-refractivity contribution >= 4 is 35.2 Å². The van der Waals surface area contributed by atoms with Gasteiger partial charge in [-0.2, -0.15) is 0 Å². The maximum atomic E-state index is 12.9. The predicted molar refractivity (Wildman–Crippen MR) is 117 cm³/mol. The van der Waals surface area contributed by atoms with Crippen molar-refractivity contribution in [1.82, 2.24) is 10.2 Å². The van der Waals surface area contributed by atoms with Gasteiger partial charge in [0.15, 0.2) is 0 Å². The molecule has 1 aliphatic heterocycles. The number of esters is 1. The van der Waals surface area contributed by atoms with Gasteiger partial charge in [0.05, 0.1) is 18.2 Å². The molecule has 0 saturated carbocycles. The molecule has 0 spiro atoms. The summed E-state index contributed by atoms with van der Waals surface area (Å²) in [4.78, 5) is 38.9. The number of allylic oxidation sites excluding steroid dienone is 1. The Morgan fingerprint density at radius 3 is 2.40 bits per heavy atom. The number of carbonyl (C=O) groups is 3. The molecule has 0 saturated heterocycles. The fourth-order valence-electron chi connectivity index (χ4n) is 3.11. The summed E-state index contributed by atoms with van der Waals surface area (Å²) in [7, 11) is 0. The molecule has 164 valence electrons. The van der Waals surface area contributed by atoms with E-state index in [1.807, 2.05) is 20.8 Å². The summed E-state index contributed by atoms with van der Waals surface area (Å²) < 4.78 is 5.48. The second kappa shape index (κ2) is 10.5. The van der Waals surface area contributed by atoms with Crippen molar-refractivity contribution in [3.63, 3.8) is 0 Å². The number of nitrogens with zero attached hydrogens (tertiary/aromatic N) is 1. The Kier molecular flexibility index (Phi) is 8.29. The molecule has 7 nitrogen and oxygen atoms in total. The van der Waals surface area contributed by atoms with Crippen molar-refractivity contribution < 1.29 is 19.1 Å². The summed E-state index contributed by atoms with van der Waals surface area (Å²) >= 11 is 5.79. The van der Waals surface area contributed by atoms with Crippen LogP contribution in [0, 0.1) is 5.92 Å². The highest BCUT2D eigenvalue weighted by molar-refractivity contribution is 6.32. The largest absolute Gasteiger partial charge is 0.462 e. The molecule has 2 unspecified atom stereocenters. The van der Waals surface area contributed by atoms with Crippen LogP contribution in [-0.2, 0) is 14.3 Å². The van der Waals surface area contributed by atoms with Crippen molar-refractivity contribution in [2.75, 3.05) is 18.5 Å². The molecule has 1 aromatic rings. The molecule has 1 aromatic carbocycles. The molecule has 0 aromatic heterocycles. The van der Waals surface area contributed by atoms with Gasteiger partial charge >= 0.3 is 12.0 Å². The zero-order valence-corrected chi connectivity index (χ0v) is 18.9. The first kappa shape index (κ1) is 23.7. The number of halogens is 1. The Labute approximate surface area is 182 Å². The third-order valence-corrected chi connectivity index (χ3v) is 4.88. The lowest BCUT2D eigenvalue weighted by atomic mass is 9.94. The van der Waals surface area contributed by atoms with Crippen molar-refractivity contribution in [1.29, 1.82) is 0 Å². The predicted octanol–water partition coefficient (Wildman–Crippen LogP) is 4.20. The Balaban J connectivity index is 2.36. The van der Waals surface area contributed by atoms with Gasteiger partial charge in [-0.15, -0.1) is 11.6 Å². The first-order chi connectivity index (χ1) is 14.1. The van der Waals surface area contributed by atoms with Crippen LogP contribution in [0.15, 0.2) is 35.5 Å². The summed E-state index contributed by atoms with van der Waals surface area (Å²) in [6, 6.07) is 6.05. The number of alkyl halides is 1. The van der Waals surface area contributed by atoms with Crippen molar-refractivity contribution in [2.24, 2.45) is 5.92 Å². The lowest BCUT2D eigenvalue weighted by molar-refractivity contribution is -0.140. The van der Waals surface area contributed by atoms with Gasteiger partial charge in [-0.1, -0.05) is 32.9 Å². The van der Waals surface area contributed by atoms with Gasteiger partial charge in [0.25, 0.3) is 0 Å². The molecule has 2 atom stereocenters. The van der Waals surface area contributed by atoms with Crippen LogP contribution in [0.5, 0.6) is 0 Å². The van der Waals surface area contributed by atoms with E-state index in [-0.39, 0.29) is 17.9 Å². The lowest BCUT2D eigenvalue weighted by Crippen LogP contribution is -2.48. The highest BCUT2D eigenvalue weighted by atomic mass is 35.5. The van der Waals surface area contributed by atoms with Gasteiger partial charge in [0.1, 0.15) is 5.38 Å². The second-order valence-corrected chi connectivity index (χ2v) is 8.41. The van der Waals surface area contributed by atoms with Gasteiger partial charge in [0.2, 0.25) is 5.91 Å². The highest BCUT2D eigenvalue weighted by Gasteiger charge is 2.36. The van der Waals surface area contributed by atoms with Crippen LogP contribution in [0.2, 0.25) is 0 Å². The third-order valence-electron chi connectivity index (χ3n) is 4.68. The Hall–Kier alpha value is -2.54. The van der Waals surface area contributed by atoms with Crippen molar-refractivity contribution in [3.05, 3.63) is 41.1 Å². The average Bonchev–Trinajstić information content (AvgIpc) is 2.69. The number of carbonyl (C=O) groups excluding carboxylic acids is 3. The fourth-order valence-corrected chi connectivity index (χ4v) is 3.16. The minimum absolute atomic E-state index is 0.199. The first-order valence-electron chi connectivity index (χ1n) is 10.2. The number of rotatable bonds is 8. The molecule has 0 aliphatic carbocycles. The topological polar surface area (TPSA) is 87.7 Å². The molecule has 0 fully saturated rings. The van der Waals surface area contributed by atoms with Crippen LogP contribution < -0.4 is 10.6 Å². The minimum Gasteiger partial charge on any atom is -0.462 e. The summed E-state index contributed by atoms with van der Waals surface area (Å²) in [6.07, 6.45) is 0.761. The zero-order valence-electron chi connectivity index (χ0n) is 18.1. The van der Waals surface area contributed by atoms with Gasteiger partial charge in [-0.25, -0.2) is 9.59 Å². The smallest absolute Gasteiger partial charge is 0.338 e. The molecule has 2 N–H and O–H groups in total. The molecule has 0 bridgehead atoms. The van der Waals surface area contributed by atoms with Crippen LogP contribution >= 0.6 is 11.6 Å². The number of nitrogens with one attached hydrogen (secondary N) is 2. The van der Waals surface area contributed by atoms with Crippen LogP contribution in [0.25, 0.3) is 0 Å². The highest BCUT2D eigenvalue weighted by Crippen LogP contribution is 2.32. The zero-order chi connectivity index (χ0) is 22.4. The average molecular weight is 436 g/mol. The first-order valence-corrected chi connectivity index (χ1v) is 10.6. The number of amides is 3. The monoisotopic (exact) mass is 435 g/mol. The van der Waals surface area contributed by atoms with Crippen molar-refractivity contribution in [3.8, 4) is 0 Å². The van der Waals surface area contributed by atoms with Crippen LogP contribution in [0.1, 0.15) is 52.6 Å². The molecule has 8 heteroatoms. The Bertz CT molecular complexity index is 818. The molecule has 3 amide bonds. The summed E-state index contributed by atoms with van der Waals surface area (Å²) in [5.74, 6) is -0.551. The Morgan fingerprint density at radius 1 is 1.23 bits per heavy atom. The number of ether oxygens (including phenoxy) is 1. The molecule has 30 heavy (non-hydrogen) atoms. The second-order valence-electron chi connectivity index (χ2n) is 7.75. The van der Waals surface area contributed by atoms with E-state index in [4.69, 9.17) is 16.3 Å². The van der Waals surface area contributed by atoms with Gasteiger partial charge < -0.3 is 15.4 Å². The van der Waals surface area contributed by atoms with Crippen LogP contribution in [0.3, 0.4) is 0 Å². The van der Waals surface area contributed by atoms with E-state index in [0.717, 1.165) is 6.42 Å². The summed E-state index contributed by atoms with van der Waals surface area (Å²) in [5, 5.41) is 4.97. The van der Waals surface area contributed by atoms with Crippen LogP contribution in [0.4, 0.5) is 10.5 Å². The molecule has 2 rings (SSSR count). The standard InChI is InChI=1S/C22H30ClN3O4/c1-6-11-26-15(5)18(21(28)30-12-13(2)3)19(25-22(26)29)16-7-9-17(10-8-16)24-20(27)14(4)23/h7-10,13-14,19H,6,11-12H2,1-5H3,(H,24,27)(H,25,29). The number of hydrogen-bond acceptors (Lipinski definition) is 4. The van der Waals surface area contributed by atoms with Gasteiger partial charge in [-0.3, -0.25) is 9.69 Å². The Morgan fingerprint density at radius 2 is 1.87 bits per heavy atom. The van der Waals surface area contributed by atoms with E-state index in [1.165, 1.54) is 0 Å². The molecule has 0 radical (unpaired) electrons. The normalized spacial score (nSPS) is 17.6. The van der Waals surface area contributed by atoms with Gasteiger partial charge in [-0.05, 0) is 43.9 Å². The lowest BCUT2D eigenvalue weighted by Gasteiger charge is -2.35. The number of hydrogen-bond donors (Lipinski definition) is 2. The maximum absolute atomic E-state index is 12.9. The van der Waals surface area contributed by atoms with E-state index >= 15 is 0 Å².